The highest BCUT2D eigenvalue weighted by atomic mass is 16.5. The van der Waals surface area contributed by atoms with E-state index in [0.717, 1.165) is 25.9 Å². The number of amides is 1. The zero-order valence-electron chi connectivity index (χ0n) is 6.47. The van der Waals surface area contributed by atoms with Crippen molar-refractivity contribution < 1.29 is 10.0 Å². The summed E-state index contributed by atoms with van der Waals surface area (Å²) in [6.45, 7) is 1.95. The summed E-state index contributed by atoms with van der Waals surface area (Å²) >= 11 is 0. The summed E-state index contributed by atoms with van der Waals surface area (Å²) in [6.07, 6.45) is 2.65. The molecule has 0 aliphatic carbocycles. The molecule has 1 unspecified atom stereocenters. The molecule has 1 rings (SSSR count). The first-order valence-electron chi connectivity index (χ1n) is 3.96. The predicted octanol–water partition coefficient (Wildman–Crippen LogP) is -0.119. The van der Waals surface area contributed by atoms with Gasteiger partial charge >= 0.3 is 0 Å². The van der Waals surface area contributed by atoms with Crippen LogP contribution in [0.1, 0.15) is 19.3 Å². The van der Waals surface area contributed by atoms with Crippen LogP contribution < -0.4 is 10.8 Å². The summed E-state index contributed by atoms with van der Waals surface area (Å²) in [5, 5.41) is 11.4. The number of hydroxylamine groups is 1. The van der Waals surface area contributed by atoms with Gasteiger partial charge in [0, 0.05) is 6.42 Å². The second kappa shape index (κ2) is 4.31. The summed E-state index contributed by atoms with van der Waals surface area (Å²) < 4.78 is 0. The molecule has 1 saturated heterocycles. The lowest BCUT2D eigenvalue weighted by molar-refractivity contribution is -0.130. The molecular weight excluding hydrogens is 144 g/mol. The minimum atomic E-state index is -0.279. The normalized spacial score (nSPS) is 24.6. The molecule has 0 spiro atoms. The van der Waals surface area contributed by atoms with Gasteiger partial charge < -0.3 is 5.32 Å². The Morgan fingerprint density at radius 1 is 1.73 bits per heavy atom. The highest BCUT2D eigenvalue weighted by Gasteiger charge is 2.15. The van der Waals surface area contributed by atoms with E-state index >= 15 is 0 Å². The van der Waals surface area contributed by atoms with Crippen LogP contribution in [-0.2, 0) is 4.79 Å². The van der Waals surface area contributed by atoms with Crippen LogP contribution in [0, 0.1) is 5.92 Å². The molecule has 3 N–H and O–H groups in total. The third kappa shape index (κ3) is 2.86. The predicted molar refractivity (Wildman–Crippen MR) is 40.1 cm³/mol. The van der Waals surface area contributed by atoms with Gasteiger partial charge in [0.25, 0.3) is 0 Å². The molecule has 1 amide bonds. The van der Waals surface area contributed by atoms with E-state index < -0.39 is 0 Å². The Labute approximate surface area is 65.9 Å². The lowest BCUT2D eigenvalue weighted by Crippen LogP contribution is -2.33. The average molecular weight is 158 g/mol. The van der Waals surface area contributed by atoms with Crippen LogP contribution in [0.25, 0.3) is 0 Å². The molecule has 4 heteroatoms. The lowest BCUT2D eigenvalue weighted by atomic mass is 9.96. The van der Waals surface area contributed by atoms with Gasteiger partial charge in [0.2, 0.25) is 5.91 Å². The standard InChI is InChI=1S/C7H14N2O2/c10-7(9-11)4-6-2-1-3-8-5-6/h6,8,11H,1-5H2,(H,9,10). The minimum Gasteiger partial charge on any atom is -0.316 e. The van der Waals surface area contributed by atoms with Crippen LogP contribution >= 0.6 is 0 Å². The van der Waals surface area contributed by atoms with Crippen molar-refractivity contribution in [2.75, 3.05) is 13.1 Å². The largest absolute Gasteiger partial charge is 0.316 e. The summed E-state index contributed by atoms with van der Waals surface area (Å²) in [5.74, 6) is 0.120. The molecule has 0 saturated carbocycles. The minimum absolute atomic E-state index is 0.279. The number of hydrogen-bond acceptors (Lipinski definition) is 3. The van der Waals surface area contributed by atoms with Crippen molar-refractivity contribution in [2.45, 2.75) is 19.3 Å². The SMILES string of the molecule is O=C(CC1CCCNC1)NO. The second-order valence-corrected chi connectivity index (χ2v) is 2.95. The van der Waals surface area contributed by atoms with Crippen LogP contribution in [0.4, 0.5) is 0 Å². The molecule has 4 nitrogen and oxygen atoms in total. The maximum atomic E-state index is 10.7. The zero-order chi connectivity index (χ0) is 8.10. The summed E-state index contributed by atoms with van der Waals surface area (Å²) in [5.41, 5.74) is 1.65. The maximum absolute atomic E-state index is 10.7. The summed E-state index contributed by atoms with van der Waals surface area (Å²) in [4.78, 5) is 10.7. The monoisotopic (exact) mass is 158 g/mol. The molecule has 0 aromatic carbocycles. The molecule has 64 valence electrons. The van der Waals surface area contributed by atoms with Crippen LogP contribution in [-0.4, -0.2) is 24.2 Å². The van der Waals surface area contributed by atoms with Gasteiger partial charge in [-0.25, -0.2) is 5.48 Å². The molecule has 1 fully saturated rings. The van der Waals surface area contributed by atoms with Gasteiger partial charge in [-0.05, 0) is 31.8 Å². The topological polar surface area (TPSA) is 61.4 Å². The van der Waals surface area contributed by atoms with Crippen molar-refractivity contribution in [3.63, 3.8) is 0 Å². The highest BCUT2D eigenvalue weighted by Crippen LogP contribution is 2.13. The quantitative estimate of drug-likeness (QED) is 0.388. The molecule has 0 bridgehead atoms. The Morgan fingerprint density at radius 2 is 2.55 bits per heavy atom. The Balaban J connectivity index is 2.19. The lowest BCUT2D eigenvalue weighted by Gasteiger charge is -2.21. The first-order valence-corrected chi connectivity index (χ1v) is 3.96. The van der Waals surface area contributed by atoms with Crippen LogP contribution in [0.15, 0.2) is 0 Å². The first kappa shape index (κ1) is 8.49. The fourth-order valence-corrected chi connectivity index (χ4v) is 1.41. The maximum Gasteiger partial charge on any atom is 0.243 e. The number of carbonyl (C=O) groups excluding carboxylic acids is 1. The van der Waals surface area contributed by atoms with Crippen molar-refractivity contribution in [3.05, 3.63) is 0 Å². The third-order valence-electron chi connectivity index (χ3n) is 2.00. The number of nitrogens with one attached hydrogen (secondary N) is 2. The van der Waals surface area contributed by atoms with E-state index in [9.17, 15) is 4.79 Å². The van der Waals surface area contributed by atoms with E-state index in [-0.39, 0.29) is 5.91 Å². The van der Waals surface area contributed by atoms with Crippen LogP contribution in [0.2, 0.25) is 0 Å². The highest BCUT2D eigenvalue weighted by molar-refractivity contribution is 5.74. The summed E-state index contributed by atoms with van der Waals surface area (Å²) in [6, 6.07) is 0. The van der Waals surface area contributed by atoms with Crippen molar-refractivity contribution in [1.82, 2.24) is 10.8 Å². The molecule has 0 aromatic rings. The molecule has 1 aliphatic heterocycles. The Hall–Kier alpha value is -0.610. The van der Waals surface area contributed by atoms with Crippen molar-refractivity contribution in [1.29, 1.82) is 0 Å². The van der Waals surface area contributed by atoms with Gasteiger partial charge in [0.1, 0.15) is 0 Å². The fourth-order valence-electron chi connectivity index (χ4n) is 1.41. The van der Waals surface area contributed by atoms with E-state index in [1.165, 1.54) is 0 Å². The van der Waals surface area contributed by atoms with Gasteiger partial charge in [-0.1, -0.05) is 0 Å². The Morgan fingerprint density at radius 3 is 3.09 bits per heavy atom. The number of hydrogen-bond donors (Lipinski definition) is 3. The van der Waals surface area contributed by atoms with Crippen molar-refractivity contribution in [3.8, 4) is 0 Å². The van der Waals surface area contributed by atoms with Gasteiger partial charge in [-0.15, -0.1) is 0 Å². The molecule has 1 aliphatic rings. The number of rotatable bonds is 2. The third-order valence-corrected chi connectivity index (χ3v) is 2.00. The average Bonchev–Trinajstić information content (AvgIpc) is 2.06. The van der Waals surface area contributed by atoms with Gasteiger partial charge in [0.05, 0.1) is 0 Å². The van der Waals surface area contributed by atoms with E-state index in [4.69, 9.17) is 5.21 Å². The molecule has 0 radical (unpaired) electrons. The van der Waals surface area contributed by atoms with E-state index in [2.05, 4.69) is 5.32 Å². The van der Waals surface area contributed by atoms with Crippen molar-refractivity contribution in [2.24, 2.45) is 5.92 Å². The number of carbonyl (C=O) groups is 1. The van der Waals surface area contributed by atoms with E-state index in [0.29, 0.717) is 12.3 Å². The summed E-state index contributed by atoms with van der Waals surface area (Å²) in [7, 11) is 0. The van der Waals surface area contributed by atoms with Gasteiger partial charge in [-0.2, -0.15) is 0 Å². The zero-order valence-corrected chi connectivity index (χ0v) is 6.47. The van der Waals surface area contributed by atoms with Gasteiger partial charge in [-0.3, -0.25) is 10.0 Å². The van der Waals surface area contributed by atoms with Crippen molar-refractivity contribution >= 4 is 5.91 Å². The number of piperidine rings is 1. The molecule has 11 heavy (non-hydrogen) atoms. The van der Waals surface area contributed by atoms with Crippen LogP contribution in [0.3, 0.4) is 0 Å². The molecular formula is C7H14N2O2. The second-order valence-electron chi connectivity index (χ2n) is 2.95. The molecule has 0 aromatic heterocycles. The molecule has 1 atom stereocenters. The van der Waals surface area contributed by atoms with E-state index in [1.54, 1.807) is 5.48 Å². The van der Waals surface area contributed by atoms with E-state index in [1.807, 2.05) is 0 Å². The Kier molecular flexibility index (Phi) is 3.32. The first-order chi connectivity index (χ1) is 5.33. The molecule has 1 heterocycles. The van der Waals surface area contributed by atoms with Crippen LogP contribution in [0.5, 0.6) is 0 Å². The Bertz CT molecular complexity index is 132. The van der Waals surface area contributed by atoms with Gasteiger partial charge in [0.15, 0.2) is 0 Å². The smallest absolute Gasteiger partial charge is 0.243 e. The fraction of sp³-hybridized carbons (Fsp3) is 0.857.